The summed E-state index contributed by atoms with van der Waals surface area (Å²) in [4.78, 5) is 0. The summed E-state index contributed by atoms with van der Waals surface area (Å²) in [6.07, 6.45) is -4.33. The van der Waals surface area contributed by atoms with Gasteiger partial charge in [-0.05, 0) is 22.0 Å². The van der Waals surface area contributed by atoms with Crippen molar-refractivity contribution in [3.8, 4) is 0 Å². The lowest BCUT2D eigenvalue weighted by atomic mass is 10.1. The van der Waals surface area contributed by atoms with Crippen LogP contribution in [0.2, 0.25) is 0 Å². The summed E-state index contributed by atoms with van der Waals surface area (Å²) in [6.45, 7) is -0.477. The van der Waals surface area contributed by atoms with E-state index in [1.807, 2.05) is 0 Å². The molecule has 14 heavy (non-hydrogen) atoms. The second kappa shape index (κ2) is 3.90. The van der Waals surface area contributed by atoms with Gasteiger partial charge in [-0.3, -0.25) is 4.68 Å². The van der Waals surface area contributed by atoms with Gasteiger partial charge >= 0.3 is 6.18 Å². The Morgan fingerprint density at radius 3 is 2.50 bits per heavy atom. The molecule has 1 rings (SSSR count). The molecule has 1 unspecified atom stereocenters. The molecular weight excluding hydrogens is 263 g/mol. The van der Waals surface area contributed by atoms with Crippen molar-refractivity contribution < 1.29 is 13.2 Å². The Labute approximate surface area is 87.2 Å². The molecule has 1 aromatic heterocycles. The fraction of sp³-hybridized carbons (Fsp3) is 0.571. The summed E-state index contributed by atoms with van der Waals surface area (Å²) in [7, 11) is 1.45. The summed E-state index contributed by atoms with van der Waals surface area (Å²) in [5.74, 6) is -1.66. The van der Waals surface area contributed by atoms with Crippen LogP contribution < -0.4 is 5.73 Å². The molecular formula is C7H9BrF3N3. The summed E-state index contributed by atoms with van der Waals surface area (Å²) in [5.41, 5.74) is 5.15. The van der Waals surface area contributed by atoms with E-state index in [9.17, 15) is 13.2 Å². The Balaban J connectivity index is 3.07. The minimum atomic E-state index is -4.33. The van der Waals surface area contributed by atoms with Crippen molar-refractivity contribution in [2.45, 2.75) is 12.1 Å². The van der Waals surface area contributed by atoms with Crippen molar-refractivity contribution in [2.24, 2.45) is 12.8 Å². The molecule has 2 N–H and O–H groups in total. The van der Waals surface area contributed by atoms with Crippen LogP contribution in [0.1, 0.15) is 11.6 Å². The van der Waals surface area contributed by atoms with Crippen LogP contribution in [0, 0.1) is 0 Å². The van der Waals surface area contributed by atoms with Gasteiger partial charge in [-0.25, -0.2) is 0 Å². The van der Waals surface area contributed by atoms with Crippen LogP contribution in [0.3, 0.4) is 0 Å². The molecule has 80 valence electrons. The molecule has 0 aromatic carbocycles. The van der Waals surface area contributed by atoms with Crippen molar-refractivity contribution in [1.29, 1.82) is 0 Å². The minimum Gasteiger partial charge on any atom is -0.329 e. The van der Waals surface area contributed by atoms with Gasteiger partial charge in [0.1, 0.15) is 10.5 Å². The molecule has 0 spiro atoms. The van der Waals surface area contributed by atoms with Crippen LogP contribution in [-0.4, -0.2) is 22.5 Å². The van der Waals surface area contributed by atoms with E-state index in [4.69, 9.17) is 5.73 Å². The molecule has 1 atom stereocenters. The van der Waals surface area contributed by atoms with Crippen LogP contribution in [0.4, 0.5) is 13.2 Å². The number of aromatic nitrogens is 2. The smallest absolute Gasteiger partial charge is 0.329 e. The quantitative estimate of drug-likeness (QED) is 0.891. The predicted octanol–water partition coefficient (Wildman–Crippen LogP) is 1.79. The molecule has 0 radical (unpaired) electrons. The average Bonchev–Trinajstić information content (AvgIpc) is 2.29. The second-order valence-corrected chi connectivity index (χ2v) is 3.66. The Morgan fingerprint density at radius 1 is 1.64 bits per heavy atom. The van der Waals surface area contributed by atoms with Crippen LogP contribution in [-0.2, 0) is 7.05 Å². The van der Waals surface area contributed by atoms with Gasteiger partial charge in [0.25, 0.3) is 0 Å². The summed E-state index contributed by atoms with van der Waals surface area (Å²) >= 11 is 3.01. The summed E-state index contributed by atoms with van der Waals surface area (Å²) in [6, 6.07) is 1.32. The normalized spacial score (nSPS) is 14.4. The van der Waals surface area contributed by atoms with Gasteiger partial charge < -0.3 is 5.73 Å². The van der Waals surface area contributed by atoms with Crippen molar-refractivity contribution in [1.82, 2.24) is 9.78 Å². The zero-order chi connectivity index (χ0) is 10.9. The van der Waals surface area contributed by atoms with Gasteiger partial charge in [-0.15, -0.1) is 0 Å². The topological polar surface area (TPSA) is 43.8 Å². The number of nitrogens with two attached hydrogens (primary N) is 1. The fourth-order valence-electron chi connectivity index (χ4n) is 1.19. The minimum absolute atomic E-state index is 0.0619. The Bertz CT molecular complexity index is 320. The first-order chi connectivity index (χ1) is 6.36. The van der Waals surface area contributed by atoms with E-state index >= 15 is 0 Å². The molecule has 3 nitrogen and oxygen atoms in total. The van der Waals surface area contributed by atoms with Crippen LogP contribution in [0.25, 0.3) is 0 Å². The first-order valence-electron chi connectivity index (χ1n) is 3.82. The fourth-order valence-corrected chi connectivity index (χ4v) is 1.67. The Morgan fingerprint density at radius 2 is 2.21 bits per heavy atom. The van der Waals surface area contributed by atoms with Crippen LogP contribution >= 0.6 is 15.9 Å². The van der Waals surface area contributed by atoms with E-state index in [2.05, 4.69) is 21.0 Å². The first-order valence-corrected chi connectivity index (χ1v) is 4.61. The van der Waals surface area contributed by atoms with Crippen LogP contribution in [0.15, 0.2) is 10.7 Å². The first kappa shape index (κ1) is 11.5. The van der Waals surface area contributed by atoms with Gasteiger partial charge in [-0.1, -0.05) is 0 Å². The molecule has 1 aromatic rings. The number of hydrogen-bond acceptors (Lipinski definition) is 2. The third kappa shape index (κ3) is 2.27. The number of alkyl halides is 3. The molecule has 0 fully saturated rings. The highest BCUT2D eigenvalue weighted by molar-refractivity contribution is 9.10. The number of hydrogen-bond donors (Lipinski definition) is 1. The van der Waals surface area contributed by atoms with Gasteiger partial charge in [0.05, 0.1) is 5.69 Å². The standard InChI is InChI=1S/C7H9BrF3N3/c1-14-5(2-6(8)13-14)4(3-12)7(9,10)11/h2,4H,3,12H2,1H3. The maximum absolute atomic E-state index is 12.5. The number of halogens is 4. The lowest BCUT2D eigenvalue weighted by molar-refractivity contribution is -0.149. The monoisotopic (exact) mass is 271 g/mol. The van der Waals surface area contributed by atoms with E-state index in [0.717, 1.165) is 0 Å². The molecule has 0 amide bonds. The van der Waals surface area contributed by atoms with Gasteiger partial charge in [0.15, 0.2) is 0 Å². The molecule has 0 aliphatic rings. The second-order valence-electron chi connectivity index (χ2n) is 2.85. The van der Waals surface area contributed by atoms with Crippen LogP contribution in [0.5, 0.6) is 0 Å². The molecule has 0 bridgehead atoms. The lowest BCUT2D eigenvalue weighted by Gasteiger charge is -2.18. The van der Waals surface area contributed by atoms with E-state index < -0.39 is 18.6 Å². The molecule has 0 aliphatic heterocycles. The molecule has 1 heterocycles. The molecule has 0 saturated heterocycles. The van der Waals surface area contributed by atoms with E-state index in [0.29, 0.717) is 4.60 Å². The van der Waals surface area contributed by atoms with Crippen molar-refractivity contribution >= 4 is 15.9 Å². The SMILES string of the molecule is Cn1nc(Br)cc1C(CN)C(F)(F)F. The number of nitrogens with zero attached hydrogens (tertiary/aromatic N) is 2. The number of rotatable bonds is 2. The molecule has 0 saturated carbocycles. The van der Waals surface area contributed by atoms with Crippen molar-refractivity contribution in [3.05, 3.63) is 16.4 Å². The highest BCUT2D eigenvalue weighted by Crippen LogP contribution is 2.34. The zero-order valence-corrected chi connectivity index (χ0v) is 8.93. The van der Waals surface area contributed by atoms with Crippen molar-refractivity contribution in [2.75, 3.05) is 6.54 Å². The third-order valence-electron chi connectivity index (χ3n) is 1.87. The summed E-state index contributed by atoms with van der Waals surface area (Å²) < 4.78 is 38.9. The predicted molar refractivity (Wildman–Crippen MR) is 48.8 cm³/mol. The largest absolute Gasteiger partial charge is 0.398 e. The maximum Gasteiger partial charge on any atom is 0.398 e. The van der Waals surface area contributed by atoms with E-state index in [-0.39, 0.29) is 5.69 Å². The molecule has 7 heteroatoms. The summed E-state index contributed by atoms with van der Waals surface area (Å²) in [5, 5.41) is 3.77. The van der Waals surface area contributed by atoms with Gasteiger partial charge in [-0.2, -0.15) is 18.3 Å². The maximum atomic E-state index is 12.5. The highest BCUT2D eigenvalue weighted by Gasteiger charge is 2.41. The average molecular weight is 272 g/mol. The Kier molecular flexibility index (Phi) is 3.20. The van der Waals surface area contributed by atoms with Gasteiger partial charge in [0.2, 0.25) is 0 Å². The third-order valence-corrected chi connectivity index (χ3v) is 2.26. The highest BCUT2D eigenvalue weighted by atomic mass is 79.9. The van der Waals surface area contributed by atoms with E-state index in [1.54, 1.807) is 0 Å². The molecule has 0 aliphatic carbocycles. The van der Waals surface area contributed by atoms with Crippen molar-refractivity contribution in [3.63, 3.8) is 0 Å². The number of aryl methyl sites for hydroxylation is 1. The van der Waals surface area contributed by atoms with E-state index in [1.165, 1.54) is 17.8 Å². The zero-order valence-electron chi connectivity index (χ0n) is 7.35. The Hall–Kier alpha value is -0.560. The van der Waals surface area contributed by atoms with Gasteiger partial charge in [0, 0.05) is 13.6 Å². The lowest BCUT2D eigenvalue weighted by Crippen LogP contribution is -2.29.